The summed E-state index contributed by atoms with van der Waals surface area (Å²) >= 11 is 0. The molecule has 1 aromatic carbocycles. The van der Waals surface area contributed by atoms with E-state index in [1.807, 2.05) is 26.8 Å². The fourth-order valence-electron chi connectivity index (χ4n) is 3.22. The van der Waals surface area contributed by atoms with Crippen LogP contribution in [0.4, 0.5) is 5.82 Å². The fourth-order valence-corrected chi connectivity index (χ4v) is 3.22. The SMILES string of the molecule is COC(=O)c1ccccc1C(=O)N1CCN(c2cc(C)nc(C)n2)O[C@@H](C)C1. The van der Waals surface area contributed by atoms with Crippen LogP contribution in [-0.4, -0.2) is 59.6 Å². The van der Waals surface area contributed by atoms with Gasteiger partial charge in [0, 0.05) is 24.8 Å². The van der Waals surface area contributed by atoms with Gasteiger partial charge in [0.15, 0.2) is 5.82 Å². The molecule has 0 aliphatic carbocycles. The predicted molar refractivity (Wildman–Crippen MR) is 103 cm³/mol. The molecule has 1 aromatic heterocycles. The maximum Gasteiger partial charge on any atom is 0.338 e. The lowest BCUT2D eigenvalue weighted by Crippen LogP contribution is -2.37. The van der Waals surface area contributed by atoms with Gasteiger partial charge in [-0.05, 0) is 32.9 Å². The van der Waals surface area contributed by atoms with Crippen molar-refractivity contribution in [3.63, 3.8) is 0 Å². The number of hydrogen-bond acceptors (Lipinski definition) is 7. The highest BCUT2D eigenvalue weighted by molar-refractivity contribution is 6.05. The molecule has 28 heavy (non-hydrogen) atoms. The molecule has 1 saturated heterocycles. The first-order valence-corrected chi connectivity index (χ1v) is 9.12. The van der Waals surface area contributed by atoms with Gasteiger partial charge in [0.25, 0.3) is 5.91 Å². The van der Waals surface area contributed by atoms with Crippen LogP contribution < -0.4 is 5.06 Å². The third kappa shape index (κ3) is 4.28. The summed E-state index contributed by atoms with van der Waals surface area (Å²) in [7, 11) is 1.30. The van der Waals surface area contributed by atoms with E-state index in [0.717, 1.165) is 5.69 Å². The fraction of sp³-hybridized carbons (Fsp3) is 0.400. The van der Waals surface area contributed by atoms with Gasteiger partial charge in [-0.15, -0.1) is 0 Å². The summed E-state index contributed by atoms with van der Waals surface area (Å²) in [6, 6.07) is 8.52. The number of hydroxylamine groups is 1. The first kappa shape index (κ1) is 19.8. The van der Waals surface area contributed by atoms with Crippen LogP contribution in [-0.2, 0) is 9.57 Å². The Hall–Kier alpha value is -3.00. The van der Waals surface area contributed by atoms with Gasteiger partial charge in [-0.1, -0.05) is 12.1 Å². The van der Waals surface area contributed by atoms with Gasteiger partial charge in [0.05, 0.1) is 24.8 Å². The molecule has 8 heteroatoms. The molecule has 0 spiro atoms. The van der Waals surface area contributed by atoms with Gasteiger partial charge in [-0.3, -0.25) is 9.63 Å². The highest BCUT2D eigenvalue weighted by Gasteiger charge is 2.28. The molecule has 1 atom stereocenters. The molecular formula is C20H24N4O4. The minimum Gasteiger partial charge on any atom is -0.465 e. The number of rotatable bonds is 3. The number of aromatic nitrogens is 2. The summed E-state index contributed by atoms with van der Waals surface area (Å²) in [6.45, 7) is 6.91. The Morgan fingerprint density at radius 2 is 1.86 bits per heavy atom. The predicted octanol–water partition coefficient (Wildman–Crippen LogP) is 2.16. The second-order valence-electron chi connectivity index (χ2n) is 6.72. The first-order chi connectivity index (χ1) is 13.4. The Labute approximate surface area is 164 Å². The molecule has 2 heterocycles. The van der Waals surface area contributed by atoms with Crippen LogP contribution in [0.2, 0.25) is 0 Å². The largest absolute Gasteiger partial charge is 0.465 e. The number of nitrogens with zero attached hydrogens (tertiary/aromatic N) is 4. The average molecular weight is 384 g/mol. The van der Waals surface area contributed by atoms with E-state index in [-0.39, 0.29) is 17.6 Å². The van der Waals surface area contributed by atoms with E-state index in [1.165, 1.54) is 7.11 Å². The number of hydrogen-bond donors (Lipinski definition) is 0. The van der Waals surface area contributed by atoms with E-state index >= 15 is 0 Å². The van der Waals surface area contributed by atoms with Crippen molar-refractivity contribution in [2.45, 2.75) is 26.9 Å². The van der Waals surface area contributed by atoms with Crippen LogP contribution in [0.3, 0.4) is 0 Å². The molecule has 3 rings (SSSR count). The van der Waals surface area contributed by atoms with Crippen molar-refractivity contribution in [3.8, 4) is 0 Å². The van der Waals surface area contributed by atoms with Gasteiger partial charge in [-0.2, -0.15) is 0 Å². The van der Waals surface area contributed by atoms with Crippen LogP contribution in [0.25, 0.3) is 0 Å². The number of carbonyl (C=O) groups is 2. The topological polar surface area (TPSA) is 84.9 Å². The Balaban J connectivity index is 1.82. The van der Waals surface area contributed by atoms with E-state index in [0.29, 0.717) is 36.8 Å². The summed E-state index contributed by atoms with van der Waals surface area (Å²) < 4.78 is 4.80. The molecular weight excluding hydrogens is 360 g/mol. The molecule has 1 aliphatic rings. The van der Waals surface area contributed by atoms with E-state index in [1.54, 1.807) is 34.2 Å². The number of carbonyl (C=O) groups excluding carboxylic acids is 2. The Morgan fingerprint density at radius 3 is 2.54 bits per heavy atom. The lowest BCUT2D eigenvalue weighted by Gasteiger charge is -2.22. The van der Waals surface area contributed by atoms with Crippen molar-refractivity contribution in [1.29, 1.82) is 0 Å². The van der Waals surface area contributed by atoms with Crippen molar-refractivity contribution >= 4 is 17.7 Å². The van der Waals surface area contributed by atoms with Crippen molar-refractivity contribution in [3.05, 3.63) is 53.0 Å². The van der Waals surface area contributed by atoms with Crippen molar-refractivity contribution in [2.75, 3.05) is 31.8 Å². The van der Waals surface area contributed by atoms with Crippen LogP contribution in [0.5, 0.6) is 0 Å². The lowest BCUT2D eigenvalue weighted by atomic mass is 10.1. The summed E-state index contributed by atoms with van der Waals surface area (Å²) in [5.74, 6) is 0.571. The lowest BCUT2D eigenvalue weighted by molar-refractivity contribution is 0.0420. The quantitative estimate of drug-likeness (QED) is 0.750. The van der Waals surface area contributed by atoms with Gasteiger partial charge >= 0.3 is 5.97 Å². The molecule has 0 radical (unpaired) electrons. The zero-order valence-electron chi connectivity index (χ0n) is 16.5. The number of amides is 1. The number of anilines is 1. The maximum atomic E-state index is 13.1. The molecule has 0 N–H and O–H groups in total. The highest BCUT2D eigenvalue weighted by Crippen LogP contribution is 2.20. The second kappa shape index (κ2) is 8.35. The number of ether oxygens (including phenoxy) is 1. The van der Waals surface area contributed by atoms with Gasteiger partial charge in [0.2, 0.25) is 0 Å². The zero-order chi connectivity index (χ0) is 20.3. The first-order valence-electron chi connectivity index (χ1n) is 9.12. The van der Waals surface area contributed by atoms with Crippen LogP contribution in [0.1, 0.15) is 39.2 Å². The molecule has 1 aliphatic heterocycles. The molecule has 8 nitrogen and oxygen atoms in total. The normalized spacial score (nSPS) is 17.2. The third-order valence-electron chi connectivity index (χ3n) is 4.42. The number of benzene rings is 1. The number of methoxy groups -OCH3 is 1. The number of aryl methyl sites for hydroxylation is 2. The Bertz CT molecular complexity index is 866. The number of esters is 1. The molecule has 0 bridgehead atoms. The monoisotopic (exact) mass is 384 g/mol. The van der Waals surface area contributed by atoms with E-state index < -0.39 is 5.97 Å². The van der Waals surface area contributed by atoms with Crippen LogP contribution >= 0.6 is 0 Å². The molecule has 1 amide bonds. The summed E-state index contributed by atoms with van der Waals surface area (Å²) in [5.41, 5.74) is 1.43. The van der Waals surface area contributed by atoms with E-state index in [2.05, 4.69) is 9.97 Å². The Kier molecular flexibility index (Phi) is 5.89. The van der Waals surface area contributed by atoms with Crippen molar-refractivity contribution < 1.29 is 19.2 Å². The maximum absolute atomic E-state index is 13.1. The molecule has 0 unspecified atom stereocenters. The van der Waals surface area contributed by atoms with Gasteiger partial charge in [-0.25, -0.2) is 19.8 Å². The van der Waals surface area contributed by atoms with Crippen LogP contribution in [0.15, 0.2) is 30.3 Å². The van der Waals surface area contributed by atoms with Gasteiger partial charge in [0.1, 0.15) is 11.9 Å². The second-order valence-corrected chi connectivity index (χ2v) is 6.72. The van der Waals surface area contributed by atoms with Gasteiger partial charge < -0.3 is 9.64 Å². The van der Waals surface area contributed by atoms with Crippen molar-refractivity contribution in [1.82, 2.24) is 14.9 Å². The summed E-state index contributed by atoms with van der Waals surface area (Å²) in [5, 5.41) is 1.70. The summed E-state index contributed by atoms with van der Waals surface area (Å²) in [6.07, 6.45) is -0.243. The van der Waals surface area contributed by atoms with E-state index in [9.17, 15) is 9.59 Å². The molecule has 2 aromatic rings. The highest BCUT2D eigenvalue weighted by atomic mass is 16.7. The standard InChI is InChI=1S/C20H24N4O4/c1-13-11-18(22-15(3)21-13)24-10-9-23(12-14(2)28-24)19(25)16-7-5-6-8-17(16)20(26)27-4/h5-8,11,14H,9-10,12H2,1-4H3/t14-/m0/s1. The minimum absolute atomic E-state index is 0.228. The third-order valence-corrected chi connectivity index (χ3v) is 4.42. The average Bonchev–Trinajstić information content (AvgIpc) is 2.87. The van der Waals surface area contributed by atoms with Crippen molar-refractivity contribution in [2.24, 2.45) is 0 Å². The smallest absolute Gasteiger partial charge is 0.338 e. The molecule has 148 valence electrons. The molecule has 1 fully saturated rings. The summed E-state index contributed by atoms with van der Waals surface area (Å²) in [4.78, 5) is 41.5. The van der Waals surface area contributed by atoms with Crippen LogP contribution in [0, 0.1) is 13.8 Å². The Morgan fingerprint density at radius 1 is 1.14 bits per heavy atom. The molecule has 0 saturated carbocycles. The van der Waals surface area contributed by atoms with E-state index in [4.69, 9.17) is 9.57 Å². The minimum atomic E-state index is -0.531. The zero-order valence-corrected chi connectivity index (χ0v) is 16.5.